The summed E-state index contributed by atoms with van der Waals surface area (Å²) in [5.41, 5.74) is 5.57. The van der Waals surface area contributed by atoms with Crippen LogP contribution in [-0.2, 0) is 28.9 Å². The third kappa shape index (κ3) is 3.93. The van der Waals surface area contributed by atoms with E-state index in [1.165, 1.54) is 52.0 Å². The molecular weight excluding hydrogens is 334 g/mol. The molecule has 0 aliphatic rings. The van der Waals surface area contributed by atoms with E-state index in [0.29, 0.717) is 0 Å². The van der Waals surface area contributed by atoms with Crippen LogP contribution in [0.25, 0.3) is 0 Å². The molecule has 1 rings (SSSR count). The highest BCUT2D eigenvalue weighted by Crippen LogP contribution is 2.27. The maximum atomic E-state index is 12.9. The first kappa shape index (κ1) is 20.1. The van der Waals surface area contributed by atoms with Gasteiger partial charge < -0.3 is 9.47 Å². The largest absolute Gasteiger partial charge is 0.463 e. The molecule has 1 aromatic carbocycles. The van der Waals surface area contributed by atoms with Gasteiger partial charge in [0.15, 0.2) is 0 Å². The lowest BCUT2D eigenvalue weighted by atomic mass is 10.2. The normalized spacial score (nSPS) is 14.6. The van der Waals surface area contributed by atoms with E-state index in [1.807, 2.05) is 0 Å². The minimum atomic E-state index is -4.58. The summed E-state index contributed by atoms with van der Waals surface area (Å²) in [4.78, 5) is 21.5. The molecule has 0 saturated carbocycles. The Labute approximate surface area is 142 Å². The summed E-state index contributed by atoms with van der Waals surface area (Å²) in [6.45, 7) is 7.72. The van der Waals surface area contributed by atoms with E-state index in [9.17, 15) is 18.0 Å². The first-order valence-electron chi connectivity index (χ1n) is 7.37. The van der Waals surface area contributed by atoms with Gasteiger partial charge in [-0.1, -0.05) is 17.7 Å². The predicted molar refractivity (Wildman–Crippen MR) is 87.8 cm³/mol. The van der Waals surface area contributed by atoms with Crippen LogP contribution in [0.5, 0.6) is 0 Å². The molecule has 7 nitrogen and oxygen atoms in total. The molecular formula is C16H23NO6S. The summed E-state index contributed by atoms with van der Waals surface area (Å²) in [5, 5.41) is 0. The second-order valence-electron chi connectivity index (χ2n) is 6.27. The average Bonchev–Trinajstić information content (AvgIpc) is 2.44. The average molecular weight is 357 g/mol. The molecule has 1 atom stereocenters. The highest BCUT2D eigenvalue weighted by molar-refractivity contribution is 7.94. The summed E-state index contributed by atoms with van der Waals surface area (Å²) in [6.07, 6.45) is 0. The number of carbonyl (C=O) groups is 2. The molecule has 0 spiro atoms. The van der Waals surface area contributed by atoms with Crippen LogP contribution in [0.1, 0.15) is 33.3 Å². The molecule has 134 valence electrons. The Hall–Kier alpha value is -1.93. The summed E-state index contributed by atoms with van der Waals surface area (Å²) in [7, 11) is -4.58. The Bertz CT molecular complexity index is 718. The molecule has 0 radical (unpaired) electrons. The lowest BCUT2D eigenvalue weighted by Gasteiger charge is -2.29. The Morgan fingerprint density at radius 2 is 1.58 bits per heavy atom. The van der Waals surface area contributed by atoms with Crippen molar-refractivity contribution in [3.63, 3.8) is 0 Å². The Morgan fingerprint density at radius 1 is 1.08 bits per heavy atom. The van der Waals surface area contributed by atoms with Crippen LogP contribution in [-0.4, -0.2) is 37.4 Å². The van der Waals surface area contributed by atoms with Crippen LogP contribution >= 0.6 is 0 Å². The highest BCUT2D eigenvalue weighted by atomic mass is 32.2. The lowest BCUT2D eigenvalue weighted by molar-refractivity contribution is -0.166. The molecule has 0 amide bonds. The van der Waals surface area contributed by atoms with Crippen molar-refractivity contribution in [1.82, 2.24) is 0 Å². The van der Waals surface area contributed by atoms with Crippen LogP contribution < -0.4 is 5.73 Å². The monoisotopic (exact) mass is 357 g/mol. The van der Waals surface area contributed by atoms with E-state index in [1.54, 1.807) is 6.92 Å². The van der Waals surface area contributed by atoms with E-state index >= 15 is 0 Å². The van der Waals surface area contributed by atoms with Crippen molar-refractivity contribution in [1.29, 1.82) is 0 Å². The van der Waals surface area contributed by atoms with Gasteiger partial charge in [0, 0.05) is 0 Å². The van der Waals surface area contributed by atoms with Gasteiger partial charge in [0.1, 0.15) is 5.60 Å². The third-order valence-electron chi connectivity index (χ3n) is 3.04. The van der Waals surface area contributed by atoms with E-state index in [4.69, 9.17) is 15.2 Å². The SMILES string of the molecule is CCOC(=O)C(N)(C(=O)OC(C)(C)C)S(=O)(=O)c1ccc(C)cc1. The minimum Gasteiger partial charge on any atom is -0.463 e. The third-order valence-corrected chi connectivity index (χ3v) is 5.11. The van der Waals surface area contributed by atoms with Gasteiger partial charge in [-0.25, -0.2) is 18.0 Å². The number of nitrogens with two attached hydrogens (primary N) is 1. The zero-order valence-corrected chi connectivity index (χ0v) is 15.3. The molecule has 0 bridgehead atoms. The van der Waals surface area contributed by atoms with Gasteiger partial charge in [0.25, 0.3) is 0 Å². The molecule has 0 fully saturated rings. The second kappa shape index (κ2) is 6.90. The fraction of sp³-hybridized carbons (Fsp3) is 0.500. The molecule has 0 aromatic heterocycles. The molecule has 2 N–H and O–H groups in total. The van der Waals surface area contributed by atoms with E-state index < -0.39 is 32.2 Å². The van der Waals surface area contributed by atoms with E-state index in [2.05, 4.69) is 0 Å². The van der Waals surface area contributed by atoms with Gasteiger partial charge in [0.2, 0.25) is 9.84 Å². The van der Waals surface area contributed by atoms with Gasteiger partial charge >= 0.3 is 16.8 Å². The fourth-order valence-corrected chi connectivity index (χ4v) is 3.20. The zero-order valence-electron chi connectivity index (χ0n) is 14.5. The standard InChI is InChI=1S/C16H23NO6S/c1-6-22-13(18)16(17,14(19)23-15(3,4)5)24(20,21)12-9-7-11(2)8-10-12/h7-10H,6,17H2,1-5H3. The maximum Gasteiger partial charge on any atom is 0.354 e. The van der Waals surface area contributed by atoms with Crippen molar-refractivity contribution in [2.24, 2.45) is 5.73 Å². The molecule has 24 heavy (non-hydrogen) atoms. The van der Waals surface area contributed by atoms with Gasteiger partial charge in [0.05, 0.1) is 11.5 Å². The highest BCUT2D eigenvalue weighted by Gasteiger charge is 2.58. The Kier molecular flexibility index (Phi) is 5.78. The minimum absolute atomic E-state index is 0.135. The number of benzene rings is 1. The zero-order chi connectivity index (χ0) is 18.8. The predicted octanol–water partition coefficient (Wildman–Crippen LogP) is 1.33. The molecule has 1 unspecified atom stereocenters. The van der Waals surface area contributed by atoms with Crippen molar-refractivity contribution in [3.8, 4) is 0 Å². The molecule has 1 aromatic rings. The number of esters is 2. The number of hydrogen-bond acceptors (Lipinski definition) is 7. The fourth-order valence-electron chi connectivity index (χ4n) is 1.80. The van der Waals surface area contributed by atoms with Crippen molar-refractivity contribution >= 4 is 21.8 Å². The van der Waals surface area contributed by atoms with Crippen molar-refractivity contribution in [2.45, 2.75) is 50.0 Å². The van der Waals surface area contributed by atoms with Crippen LogP contribution in [0.15, 0.2) is 29.2 Å². The van der Waals surface area contributed by atoms with Crippen molar-refractivity contribution in [2.75, 3.05) is 6.61 Å². The Morgan fingerprint density at radius 3 is 2.00 bits per heavy atom. The number of rotatable bonds is 5. The summed E-state index contributed by atoms with van der Waals surface area (Å²) < 4.78 is 35.6. The topological polar surface area (TPSA) is 113 Å². The van der Waals surface area contributed by atoms with Crippen LogP contribution in [0.2, 0.25) is 0 Å². The summed E-state index contributed by atoms with van der Waals surface area (Å²) >= 11 is 0. The van der Waals surface area contributed by atoms with E-state index in [-0.39, 0.29) is 11.5 Å². The van der Waals surface area contributed by atoms with Gasteiger partial charge in [-0.05, 0) is 46.8 Å². The smallest absolute Gasteiger partial charge is 0.354 e. The number of carbonyl (C=O) groups excluding carboxylic acids is 2. The van der Waals surface area contributed by atoms with Gasteiger partial charge in [-0.2, -0.15) is 0 Å². The number of aryl methyl sites for hydroxylation is 1. The molecule has 8 heteroatoms. The molecule has 0 heterocycles. The first-order chi connectivity index (χ1) is 10.9. The van der Waals surface area contributed by atoms with Crippen LogP contribution in [0.3, 0.4) is 0 Å². The number of sulfone groups is 1. The van der Waals surface area contributed by atoms with Crippen molar-refractivity contribution in [3.05, 3.63) is 29.8 Å². The van der Waals surface area contributed by atoms with Crippen molar-refractivity contribution < 1.29 is 27.5 Å². The molecule has 0 aliphatic carbocycles. The van der Waals surface area contributed by atoms with Crippen LogP contribution in [0.4, 0.5) is 0 Å². The summed E-state index contributed by atoms with van der Waals surface area (Å²) in [6, 6.07) is 5.62. The number of ether oxygens (including phenoxy) is 2. The summed E-state index contributed by atoms with van der Waals surface area (Å²) in [5.74, 6) is -2.76. The van der Waals surface area contributed by atoms with Gasteiger partial charge in [-0.15, -0.1) is 0 Å². The van der Waals surface area contributed by atoms with Gasteiger partial charge in [-0.3, -0.25) is 5.73 Å². The quantitative estimate of drug-likeness (QED) is 0.625. The maximum absolute atomic E-state index is 12.9. The molecule has 0 saturated heterocycles. The van der Waals surface area contributed by atoms with E-state index in [0.717, 1.165) is 5.56 Å². The second-order valence-corrected chi connectivity index (χ2v) is 8.40. The first-order valence-corrected chi connectivity index (χ1v) is 8.85. The van der Waals surface area contributed by atoms with Crippen LogP contribution in [0, 0.1) is 6.92 Å². The molecule has 0 aliphatic heterocycles. The Balaban J connectivity index is 3.49. The lowest BCUT2D eigenvalue weighted by Crippen LogP contribution is -2.63. The number of hydrogen-bond donors (Lipinski definition) is 1.